The van der Waals surface area contributed by atoms with Crippen molar-refractivity contribution in [2.24, 2.45) is 23.5 Å². The summed E-state index contributed by atoms with van der Waals surface area (Å²) in [4.78, 5) is 2.43. The average molecular weight is 240 g/mol. The van der Waals surface area contributed by atoms with Crippen molar-refractivity contribution >= 4 is 0 Å². The third kappa shape index (κ3) is 2.67. The van der Waals surface area contributed by atoms with Crippen molar-refractivity contribution < 1.29 is 4.74 Å². The first-order chi connectivity index (χ1) is 8.09. The molecule has 0 aliphatic heterocycles. The van der Waals surface area contributed by atoms with Crippen molar-refractivity contribution in [2.45, 2.75) is 38.1 Å². The monoisotopic (exact) mass is 240 g/mol. The second-order valence-electron chi connectivity index (χ2n) is 6.45. The van der Waals surface area contributed by atoms with E-state index in [1.165, 1.54) is 32.2 Å². The second kappa shape index (κ2) is 5.25. The Morgan fingerprint density at radius 1 is 1.35 bits per heavy atom. The lowest BCUT2D eigenvalue weighted by Crippen LogP contribution is -2.54. The van der Waals surface area contributed by atoms with E-state index in [0.717, 1.165) is 24.4 Å². The van der Waals surface area contributed by atoms with Crippen LogP contribution in [0.5, 0.6) is 0 Å². The molecule has 4 atom stereocenters. The van der Waals surface area contributed by atoms with Gasteiger partial charge in [-0.2, -0.15) is 0 Å². The van der Waals surface area contributed by atoms with Gasteiger partial charge in [-0.25, -0.2) is 0 Å². The summed E-state index contributed by atoms with van der Waals surface area (Å²) in [6, 6.07) is 0. The zero-order valence-corrected chi connectivity index (χ0v) is 11.6. The quantitative estimate of drug-likeness (QED) is 0.768. The van der Waals surface area contributed by atoms with Crippen LogP contribution in [-0.4, -0.2) is 44.3 Å². The fourth-order valence-corrected chi connectivity index (χ4v) is 3.81. The normalized spacial score (nSPS) is 35.5. The largest absolute Gasteiger partial charge is 0.383 e. The average Bonchev–Trinajstić information content (AvgIpc) is 2.91. The molecule has 100 valence electrons. The van der Waals surface area contributed by atoms with E-state index in [0.29, 0.717) is 6.54 Å². The SMILES string of the molecule is COCC(C)(CN)N(C)CC1CC2CCC1C2. The first kappa shape index (κ1) is 13.3. The van der Waals surface area contributed by atoms with Crippen molar-refractivity contribution in [2.75, 3.05) is 33.9 Å². The summed E-state index contributed by atoms with van der Waals surface area (Å²) in [7, 11) is 3.97. The van der Waals surface area contributed by atoms with E-state index >= 15 is 0 Å². The van der Waals surface area contributed by atoms with E-state index in [-0.39, 0.29) is 5.54 Å². The van der Waals surface area contributed by atoms with Gasteiger partial charge in [0.2, 0.25) is 0 Å². The van der Waals surface area contributed by atoms with E-state index in [1.54, 1.807) is 7.11 Å². The van der Waals surface area contributed by atoms with E-state index in [4.69, 9.17) is 10.5 Å². The molecule has 2 aliphatic rings. The summed E-state index contributed by atoms with van der Waals surface area (Å²) in [5.74, 6) is 2.93. The number of fused-ring (bicyclic) bond motifs is 2. The summed E-state index contributed by atoms with van der Waals surface area (Å²) in [5, 5.41) is 0. The molecule has 0 aromatic carbocycles. The van der Waals surface area contributed by atoms with Gasteiger partial charge in [0.15, 0.2) is 0 Å². The van der Waals surface area contributed by atoms with Crippen molar-refractivity contribution in [3.8, 4) is 0 Å². The molecule has 4 unspecified atom stereocenters. The molecule has 0 radical (unpaired) electrons. The van der Waals surface area contributed by atoms with Crippen LogP contribution in [-0.2, 0) is 4.74 Å². The highest BCUT2D eigenvalue weighted by molar-refractivity contribution is 4.94. The molecule has 0 saturated heterocycles. The zero-order valence-electron chi connectivity index (χ0n) is 11.6. The minimum Gasteiger partial charge on any atom is -0.383 e. The number of rotatable bonds is 6. The minimum absolute atomic E-state index is 0.00339. The van der Waals surface area contributed by atoms with Crippen LogP contribution in [0, 0.1) is 17.8 Å². The Bertz CT molecular complexity index is 259. The number of hydrogen-bond acceptors (Lipinski definition) is 3. The number of ether oxygens (including phenoxy) is 1. The first-order valence-corrected chi connectivity index (χ1v) is 6.99. The topological polar surface area (TPSA) is 38.5 Å². The fourth-order valence-electron chi connectivity index (χ4n) is 3.81. The van der Waals surface area contributed by atoms with Gasteiger partial charge < -0.3 is 10.5 Å². The number of methoxy groups -OCH3 is 1. The Hall–Kier alpha value is -0.120. The highest BCUT2D eigenvalue weighted by Gasteiger charge is 2.41. The van der Waals surface area contributed by atoms with Crippen LogP contribution in [0.3, 0.4) is 0 Å². The molecule has 0 aromatic heterocycles. The molecule has 2 N–H and O–H groups in total. The van der Waals surface area contributed by atoms with Crippen LogP contribution in [0.4, 0.5) is 0 Å². The van der Waals surface area contributed by atoms with Crippen LogP contribution in [0.2, 0.25) is 0 Å². The molecule has 17 heavy (non-hydrogen) atoms. The highest BCUT2D eigenvalue weighted by atomic mass is 16.5. The number of nitrogens with two attached hydrogens (primary N) is 1. The third-order valence-electron chi connectivity index (χ3n) is 5.21. The molecule has 0 spiro atoms. The van der Waals surface area contributed by atoms with E-state index in [2.05, 4.69) is 18.9 Å². The van der Waals surface area contributed by atoms with Gasteiger partial charge in [0.05, 0.1) is 12.1 Å². The maximum Gasteiger partial charge on any atom is 0.0656 e. The Balaban J connectivity index is 1.89. The smallest absolute Gasteiger partial charge is 0.0656 e. The predicted octanol–water partition coefficient (Wildman–Crippen LogP) is 1.72. The standard InChI is InChI=1S/C14H28N2O/c1-14(9-15,10-17-3)16(2)8-13-7-11-4-5-12(13)6-11/h11-13H,4-10,15H2,1-3H3. The summed E-state index contributed by atoms with van der Waals surface area (Å²) >= 11 is 0. The molecular formula is C14H28N2O. The molecular weight excluding hydrogens is 212 g/mol. The summed E-state index contributed by atoms with van der Waals surface area (Å²) in [6.07, 6.45) is 5.88. The zero-order chi connectivity index (χ0) is 12.5. The molecule has 3 nitrogen and oxygen atoms in total. The maximum atomic E-state index is 5.92. The molecule has 2 fully saturated rings. The lowest BCUT2D eigenvalue weighted by molar-refractivity contribution is 0.0290. The molecule has 2 saturated carbocycles. The van der Waals surface area contributed by atoms with Crippen molar-refractivity contribution in [3.05, 3.63) is 0 Å². The molecule has 2 bridgehead atoms. The Kier molecular flexibility index (Phi) is 4.11. The molecule has 0 heterocycles. The number of likely N-dealkylation sites (N-methyl/N-ethyl adjacent to an activating group) is 1. The van der Waals surface area contributed by atoms with Gasteiger partial charge >= 0.3 is 0 Å². The van der Waals surface area contributed by atoms with E-state index in [9.17, 15) is 0 Å². The molecule has 3 heteroatoms. The molecule has 2 aliphatic carbocycles. The van der Waals surface area contributed by atoms with Gasteiger partial charge in [-0.05, 0) is 51.0 Å². The predicted molar refractivity (Wildman–Crippen MR) is 70.9 cm³/mol. The Morgan fingerprint density at radius 3 is 2.59 bits per heavy atom. The maximum absolute atomic E-state index is 5.92. The van der Waals surface area contributed by atoms with Crippen LogP contribution in [0.25, 0.3) is 0 Å². The van der Waals surface area contributed by atoms with Gasteiger partial charge in [0.25, 0.3) is 0 Å². The van der Waals surface area contributed by atoms with Crippen molar-refractivity contribution in [3.63, 3.8) is 0 Å². The Morgan fingerprint density at radius 2 is 2.12 bits per heavy atom. The van der Waals surface area contributed by atoms with Crippen LogP contribution in [0.15, 0.2) is 0 Å². The molecule has 2 rings (SSSR count). The fraction of sp³-hybridized carbons (Fsp3) is 1.00. The second-order valence-corrected chi connectivity index (χ2v) is 6.45. The lowest BCUT2D eigenvalue weighted by Gasteiger charge is -2.40. The van der Waals surface area contributed by atoms with Gasteiger partial charge in [0, 0.05) is 20.2 Å². The molecule has 0 aromatic rings. The minimum atomic E-state index is -0.00339. The third-order valence-corrected chi connectivity index (χ3v) is 5.21. The van der Waals surface area contributed by atoms with Gasteiger partial charge in [0.1, 0.15) is 0 Å². The van der Waals surface area contributed by atoms with Crippen LogP contribution in [0.1, 0.15) is 32.6 Å². The first-order valence-electron chi connectivity index (χ1n) is 6.99. The molecule has 0 amide bonds. The number of nitrogens with zero attached hydrogens (tertiary/aromatic N) is 1. The Labute approximate surface area is 106 Å². The van der Waals surface area contributed by atoms with Crippen molar-refractivity contribution in [1.29, 1.82) is 0 Å². The van der Waals surface area contributed by atoms with Crippen LogP contribution < -0.4 is 5.73 Å². The van der Waals surface area contributed by atoms with E-state index < -0.39 is 0 Å². The summed E-state index contributed by atoms with van der Waals surface area (Å²) in [6.45, 7) is 4.79. The van der Waals surface area contributed by atoms with Gasteiger partial charge in [-0.15, -0.1) is 0 Å². The van der Waals surface area contributed by atoms with Gasteiger partial charge in [-0.3, -0.25) is 4.90 Å². The highest BCUT2D eigenvalue weighted by Crippen LogP contribution is 2.48. The number of hydrogen-bond donors (Lipinski definition) is 1. The van der Waals surface area contributed by atoms with E-state index in [1.807, 2.05) is 0 Å². The summed E-state index contributed by atoms with van der Waals surface area (Å²) in [5.41, 5.74) is 5.92. The summed E-state index contributed by atoms with van der Waals surface area (Å²) < 4.78 is 5.32. The van der Waals surface area contributed by atoms with Gasteiger partial charge in [-0.1, -0.05) is 6.42 Å². The van der Waals surface area contributed by atoms with Crippen molar-refractivity contribution in [1.82, 2.24) is 4.90 Å². The van der Waals surface area contributed by atoms with Crippen LogP contribution >= 0.6 is 0 Å². The lowest BCUT2D eigenvalue weighted by atomic mass is 9.87.